The lowest BCUT2D eigenvalue weighted by Crippen LogP contribution is -2.61. The number of carboxylic acids is 2. The molecule has 206 valence electrons. The Bertz CT molecular complexity index is 1440. The number of amides is 1. The molecule has 0 bridgehead atoms. The SMILES string of the molecule is O=C(NC(Cc1cccc2ccccc12)(C(=O)O)C(=O)O)c1ccc([N+](=O)[O-])c(OCC(F)(F)C(F)(F)F)c1. The van der Waals surface area contributed by atoms with Crippen molar-refractivity contribution in [1.82, 2.24) is 5.32 Å². The average Bonchev–Trinajstić information content (AvgIpc) is 2.86. The number of nitro groups is 1. The van der Waals surface area contributed by atoms with Crippen LogP contribution in [-0.4, -0.2) is 57.2 Å². The van der Waals surface area contributed by atoms with Crippen LogP contribution in [0.1, 0.15) is 15.9 Å². The summed E-state index contributed by atoms with van der Waals surface area (Å²) >= 11 is 0. The molecular formula is C24H17F5N2O8. The number of carboxylic acid groups (broad SMARTS) is 2. The van der Waals surface area contributed by atoms with Crippen molar-refractivity contribution >= 4 is 34.3 Å². The molecule has 0 heterocycles. The number of nitrogens with one attached hydrogen (secondary N) is 1. The van der Waals surface area contributed by atoms with Crippen molar-refractivity contribution in [1.29, 1.82) is 0 Å². The van der Waals surface area contributed by atoms with Crippen LogP contribution in [0.15, 0.2) is 60.7 Å². The van der Waals surface area contributed by atoms with Crippen LogP contribution in [0.2, 0.25) is 0 Å². The number of aliphatic carboxylic acids is 2. The minimum absolute atomic E-state index is 0.223. The van der Waals surface area contributed by atoms with E-state index in [9.17, 15) is 56.7 Å². The van der Waals surface area contributed by atoms with Crippen molar-refractivity contribution in [2.24, 2.45) is 0 Å². The largest absolute Gasteiger partial charge is 0.480 e. The molecule has 0 aliphatic carbocycles. The molecule has 0 saturated heterocycles. The molecule has 0 fully saturated rings. The molecule has 10 nitrogen and oxygen atoms in total. The van der Waals surface area contributed by atoms with Crippen LogP contribution in [0.3, 0.4) is 0 Å². The smallest absolute Gasteiger partial charge is 0.456 e. The van der Waals surface area contributed by atoms with E-state index in [4.69, 9.17) is 0 Å². The molecule has 3 aromatic rings. The highest BCUT2D eigenvalue weighted by Crippen LogP contribution is 2.37. The maximum atomic E-state index is 13.3. The summed E-state index contributed by atoms with van der Waals surface area (Å²) in [5.41, 5.74) is -4.55. The number of carbonyl (C=O) groups excluding carboxylic acids is 1. The first-order chi connectivity index (χ1) is 18.1. The third-order valence-electron chi connectivity index (χ3n) is 5.64. The number of hydrogen-bond acceptors (Lipinski definition) is 6. The summed E-state index contributed by atoms with van der Waals surface area (Å²) in [7, 11) is 0. The Balaban J connectivity index is 1.99. The second kappa shape index (κ2) is 10.5. The predicted octanol–water partition coefficient (Wildman–Crippen LogP) is 4.20. The van der Waals surface area contributed by atoms with Gasteiger partial charge in [0.2, 0.25) is 5.54 Å². The highest BCUT2D eigenvalue weighted by atomic mass is 19.4. The van der Waals surface area contributed by atoms with Gasteiger partial charge in [-0.15, -0.1) is 0 Å². The van der Waals surface area contributed by atoms with Gasteiger partial charge < -0.3 is 20.3 Å². The lowest BCUT2D eigenvalue weighted by Gasteiger charge is -2.27. The Hall–Kier alpha value is -4.82. The summed E-state index contributed by atoms with van der Waals surface area (Å²) in [6, 6.07) is 12.9. The van der Waals surface area contributed by atoms with Crippen LogP contribution < -0.4 is 10.1 Å². The molecule has 0 aliphatic rings. The number of nitro benzene ring substituents is 1. The van der Waals surface area contributed by atoms with Gasteiger partial charge in [-0.2, -0.15) is 22.0 Å². The monoisotopic (exact) mass is 556 g/mol. The molecule has 0 spiro atoms. The molecule has 1 amide bonds. The Morgan fingerprint density at radius 3 is 2.13 bits per heavy atom. The molecule has 3 aromatic carbocycles. The van der Waals surface area contributed by atoms with E-state index in [1.54, 1.807) is 30.3 Å². The van der Waals surface area contributed by atoms with Crippen LogP contribution >= 0.6 is 0 Å². The van der Waals surface area contributed by atoms with E-state index in [-0.39, 0.29) is 5.56 Å². The van der Waals surface area contributed by atoms with Crippen LogP contribution in [-0.2, 0) is 16.0 Å². The number of hydrogen-bond donors (Lipinski definition) is 3. The summed E-state index contributed by atoms with van der Waals surface area (Å²) in [4.78, 5) is 47.3. The van der Waals surface area contributed by atoms with E-state index in [2.05, 4.69) is 4.74 Å². The molecule has 0 aliphatic heterocycles. The zero-order chi connectivity index (χ0) is 29.2. The molecule has 0 atom stereocenters. The second-order valence-electron chi connectivity index (χ2n) is 8.22. The van der Waals surface area contributed by atoms with Gasteiger partial charge in [-0.25, -0.2) is 9.59 Å². The predicted molar refractivity (Wildman–Crippen MR) is 123 cm³/mol. The summed E-state index contributed by atoms with van der Waals surface area (Å²) in [6.45, 7) is -2.36. The first-order valence-corrected chi connectivity index (χ1v) is 10.7. The highest BCUT2D eigenvalue weighted by molar-refractivity contribution is 6.09. The van der Waals surface area contributed by atoms with E-state index in [0.29, 0.717) is 29.0 Å². The number of nitrogens with zero attached hydrogens (tertiary/aromatic N) is 1. The van der Waals surface area contributed by atoms with Gasteiger partial charge in [0.25, 0.3) is 5.91 Å². The number of fused-ring (bicyclic) bond motifs is 1. The van der Waals surface area contributed by atoms with Crippen LogP contribution in [0.4, 0.5) is 27.6 Å². The van der Waals surface area contributed by atoms with E-state index in [1.165, 1.54) is 12.1 Å². The minimum atomic E-state index is -6.04. The molecule has 0 saturated carbocycles. The minimum Gasteiger partial charge on any atom is -0.480 e. The second-order valence-corrected chi connectivity index (χ2v) is 8.22. The van der Waals surface area contributed by atoms with E-state index in [0.717, 1.165) is 0 Å². The lowest BCUT2D eigenvalue weighted by molar-refractivity contribution is -0.386. The number of halogens is 5. The first-order valence-electron chi connectivity index (χ1n) is 10.7. The van der Waals surface area contributed by atoms with E-state index < -0.39 is 70.4 Å². The van der Waals surface area contributed by atoms with E-state index >= 15 is 0 Å². The van der Waals surface area contributed by atoms with Gasteiger partial charge >= 0.3 is 29.7 Å². The molecule has 0 radical (unpaired) electrons. The fourth-order valence-electron chi connectivity index (χ4n) is 3.56. The summed E-state index contributed by atoms with van der Waals surface area (Å²) < 4.78 is 68.4. The quantitative estimate of drug-likeness (QED) is 0.145. The van der Waals surface area contributed by atoms with Crippen LogP contribution in [0.5, 0.6) is 5.75 Å². The lowest BCUT2D eigenvalue weighted by atomic mass is 9.88. The molecule has 39 heavy (non-hydrogen) atoms. The number of carbonyl (C=O) groups is 3. The number of alkyl halides is 5. The third-order valence-corrected chi connectivity index (χ3v) is 5.64. The normalized spacial score (nSPS) is 12.1. The Kier molecular flexibility index (Phi) is 7.75. The standard InChI is InChI=1S/C24H17F5N2O8/c25-23(26,24(27,28)29)12-39-18-10-14(8-9-17(18)31(37)38)19(32)30-22(20(33)34,21(35)36)11-15-6-3-5-13-4-1-2-7-16(13)15/h1-10H,11-12H2,(H,30,32)(H,33,34)(H,35,36). The van der Waals surface area contributed by atoms with Crippen molar-refractivity contribution in [3.63, 3.8) is 0 Å². The van der Waals surface area contributed by atoms with Crippen LogP contribution in [0, 0.1) is 10.1 Å². The Morgan fingerprint density at radius 1 is 0.923 bits per heavy atom. The van der Waals surface area contributed by atoms with Gasteiger partial charge in [-0.3, -0.25) is 14.9 Å². The average molecular weight is 556 g/mol. The Morgan fingerprint density at radius 2 is 1.54 bits per heavy atom. The fraction of sp³-hybridized carbons (Fsp3) is 0.208. The molecule has 15 heteroatoms. The van der Waals surface area contributed by atoms with Gasteiger partial charge in [0, 0.05) is 24.1 Å². The number of rotatable bonds is 10. The summed E-state index contributed by atoms with van der Waals surface area (Å²) in [5.74, 6) is -12.0. The van der Waals surface area contributed by atoms with Gasteiger partial charge in [-0.05, 0) is 22.4 Å². The number of ether oxygens (including phenoxy) is 1. The van der Waals surface area contributed by atoms with Crippen molar-refractivity contribution in [3.8, 4) is 5.75 Å². The van der Waals surface area contributed by atoms with Crippen molar-refractivity contribution in [3.05, 3.63) is 81.9 Å². The molecule has 3 rings (SSSR count). The zero-order valence-corrected chi connectivity index (χ0v) is 19.4. The Labute approximate surface area is 214 Å². The summed E-state index contributed by atoms with van der Waals surface area (Å²) in [5, 5.41) is 33.9. The molecule has 0 aromatic heterocycles. The third kappa shape index (κ3) is 5.86. The van der Waals surface area contributed by atoms with Crippen molar-refractivity contribution in [2.75, 3.05) is 6.61 Å². The maximum absolute atomic E-state index is 13.3. The summed E-state index contributed by atoms with van der Waals surface area (Å²) in [6.07, 6.45) is -6.81. The van der Waals surface area contributed by atoms with Gasteiger partial charge in [0.1, 0.15) is 0 Å². The fourth-order valence-corrected chi connectivity index (χ4v) is 3.56. The van der Waals surface area contributed by atoms with Gasteiger partial charge in [0.05, 0.1) is 4.92 Å². The number of benzene rings is 3. The highest BCUT2D eigenvalue weighted by Gasteiger charge is 2.58. The van der Waals surface area contributed by atoms with Crippen molar-refractivity contribution < 1.29 is 56.2 Å². The molecule has 0 unspecified atom stereocenters. The first kappa shape index (κ1) is 28.7. The molecular weight excluding hydrogens is 539 g/mol. The topological polar surface area (TPSA) is 156 Å². The van der Waals surface area contributed by atoms with Gasteiger partial charge in [0.15, 0.2) is 12.4 Å². The zero-order valence-electron chi connectivity index (χ0n) is 19.4. The maximum Gasteiger partial charge on any atom is 0.456 e. The van der Waals surface area contributed by atoms with Crippen molar-refractivity contribution in [2.45, 2.75) is 24.1 Å². The van der Waals surface area contributed by atoms with E-state index in [1.807, 2.05) is 5.32 Å². The molecule has 3 N–H and O–H groups in total. The van der Waals surface area contributed by atoms with Crippen LogP contribution in [0.25, 0.3) is 10.8 Å². The van der Waals surface area contributed by atoms with Gasteiger partial charge in [-0.1, -0.05) is 42.5 Å².